The number of hydrogen-bond donors (Lipinski definition) is 1. The fourth-order valence-electron chi connectivity index (χ4n) is 2.22. The lowest BCUT2D eigenvalue weighted by Crippen LogP contribution is -2.03. The van der Waals surface area contributed by atoms with Crippen LogP contribution in [0.2, 0.25) is 0 Å². The van der Waals surface area contributed by atoms with Crippen molar-refractivity contribution in [3.63, 3.8) is 0 Å². The number of halogens is 1. The van der Waals surface area contributed by atoms with E-state index >= 15 is 0 Å². The lowest BCUT2D eigenvalue weighted by atomic mass is 10.0. The zero-order chi connectivity index (χ0) is 14.5. The van der Waals surface area contributed by atoms with Crippen LogP contribution in [0.15, 0.2) is 48.5 Å². The first-order chi connectivity index (χ1) is 9.58. The van der Waals surface area contributed by atoms with E-state index in [0.29, 0.717) is 5.92 Å². The highest BCUT2D eigenvalue weighted by molar-refractivity contribution is 6.21. The predicted molar refractivity (Wildman–Crippen MR) is 88.6 cm³/mol. The molecule has 0 aliphatic rings. The lowest BCUT2D eigenvalue weighted by molar-refractivity contribution is 0.865. The molecule has 106 valence electrons. The maximum atomic E-state index is 6.21. The Bertz CT molecular complexity index is 544. The van der Waals surface area contributed by atoms with Gasteiger partial charge in [0.15, 0.2) is 0 Å². The summed E-state index contributed by atoms with van der Waals surface area (Å²) in [6.45, 7) is 7.25. The van der Waals surface area contributed by atoms with E-state index in [-0.39, 0.29) is 5.38 Å². The van der Waals surface area contributed by atoms with Crippen molar-refractivity contribution < 1.29 is 0 Å². The summed E-state index contributed by atoms with van der Waals surface area (Å²) >= 11 is 6.21. The summed E-state index contributed by atoms with van der Waals surface area (Å²) in [7, 11) is 0. The van der Waals surface area contributed by atoms with Crippen molar-refractivity contribution in [1.29, 1.82) is 0 Å². The largest absolute Gasteiger partial charge is 0.381 e. The highest BCUT2D eigenvalue weighted by atomic mass is 35.5. The van der Waals surface area contributed by atoms with Gasteiger partial charge in [0.1, 0.15) is 0 Å². The molecular weight excluding hydrogens is 266 g/mol. The van der Waals surface area contributed by atoms with Gasteiger partial charge in [0.25, 0.3) is 0 Å². The van der Waals surface area contributed by atoms with Gasteiger partial charge in [0, 0.05) is 12.2 Å². The zero-order valence-corrected chi connectivity index (χ0v) is 13.1. The van der Waals surface area contributed by atoms with Crippen molar-refractivity contribution in [2.24, 2.45) is 0 Å². The van der Waals surface area contributed by atoms with Crippen LogP contribution in [0.4, 0.5) is 5.69 Å². The molecule has 2 aromatic rings. The van der Waals surface area contributed by atoms with Gasteiger partial charge in [-0.15, -0.1) is 11.6 Å². The van der Waals surface area contributed by atoms with Crippen molar-refractivity contribution in [3.05, 3.63) is 65.2 Å². The first-order valence-electron chi connectivity index (χ1n) is 7.13. The molecule has 1 atom stereocenters. The molecule has 0 fully saturated rings. The van der Waals surface area contributed by atoms with Crippen LogP contribution >= 0.6 is 11.6 Å². The first-order valence-corrected chi connectivity index (χ1v) is 7.57. The standard InChI is InChI=1S/C18H22ClN/c1-13(2)16-10-8-15(9-11-16)12-20-18-7-5-4-6-17(18)14(3)19/h4-11,13-14,20H,12H2,1-3H3. The van der Waals surface area contributed by atoms with Gasteiger partial charge in [-0.3, -0.25) is 0 Å². The number of para-hydroxylation sites is 1. The van der Waals surface area contributed by atoms with Crippen molar-refractivity contribution in [1.82, 2.24) is 0 Å². The van der Waals surface area contributed by atoms with Gasteiger partial charge >= 0.3 is 0 Å². The molecule has 0 heterocycles. The molecule has 0 aliphatic carbocycles. The normalized spacial score (nSPS) is 12.4. The number of rotatable bonds is 5. The van der Waals surface area contributed by atoms with Crippen LogP contribution in [0, 0.1) is 0 Å². The van der Waals surface area contributed by atoms with E-state index in [0.717, 1.165) is 17.8 Å². The van der Waals surface area contributed by atoms with Gasteiger partial charge in [0.05, 0.1) is 5.38 Å². The minimum atomic E-state index is 0.0158. The molecule has 1 unspecified atom stereocenters. The molecule has 0 aromatic heterocycles. The van der Waals surface area contributed by atoms with E-state index in [9.17, 15) is 0 Å². The molecule has 0 radical (unpaired) electrons. The molecule has 2 heteroatoms. The molecule has 0 aliphatic heterocycles. The van der Waals surface area contributed by atoms with Gasteiger partial charge in [-0.25, -0.2) is 0 Å². The average molecular weight is 288 g/mol. The Morgan fingerprint density at radius 3 is 2.20 bits per heavy atom. The van der Waals surface area contributed by atoms with Crippen LogP contribution in [0.3, 0.4) is 0 Å². The number of anilines is 1. The summed E-state index contributed by atoms with van der Waals surface area (Å²) in [4.78, 5) is 0. The quantitative estimate of drug-likeness (QED) is 0.693. The van der Waals surface area contributed by atoms with Gasteiger partial charge in [-0.05, 0) is 35.6 Å². The molecule has 1 N–H and O–H groups in total. The lowest BCUT2D eigenvalue weighted by Gasteiger charge is -2.14. The van der Waals surface area contributed by atoms with Crippen LogP contribution in [0.5, 0.6) is 0 Å². The van der Waals surface area contributed by atoms with Crippen LogP contribution in [-0.2, 0) is 6.54 Å². The van der Waals surface area contributed by atoms with E-state index in [4.69, 9.17) is 11.6 Å². The van der Waals surface area contributed by atoms with Gasteiger partial charge in [0.2, 0.25) is 0 Å². The fraction of sp³-hybridized carbons (Fsp3) is 0.333. The average Bonchev–Trinajstić information content (AvgIpc) is 2.45. The van der Waals surface area contributed by atoms with E-state index in [2.05, 4.69) is 55.6 Å². The molecule has 1 nitrogen and oxygen atoms in total. The molecule has 0 spiro atoms. The highest BCUT2D eigenvalue weighted by Crippen LogP contribution is 2.27. The third-order valence-electron chi connectivity index (χ3n) is 3.52. The van der Waals surface area contributed by atoms with Crippen molar-refractivity contribution >= 4 is 17.3 Å². The molecule has 0 bridgehead atoms. The Morgan fingerprint density at radius 2 is 1.60 bits per heavy atom. The van der Waals surface area contributed by atoms with Gasteiger partial charge < -0.3 is 5.32 Å². The fourth-order valence-corrected chi connectivity index (χ4v) is 2.41. The highest BCUT2D eigenvalue weighted by Gasteiger charge is 2.06. The maximum Gasteiger partial charge on any atom is 0.0577 e. The Balaban J connectivity index is 2.05. The molecule has 0 saturated carbocycles. The summed E-state index contributed by atoms with van der Waals surface area (Å²) in [6, 6.07) is 17.0. The minimum Gasteiger partial charge on any atom is -0.381 e. The van der Waals surface area contributed by atoms with Crippen LogP contribution < -0.4 is 5.32 Å². The van der Waals surface area contributed by atoms with E-state index in [1.165, 1.54) is 11.1 Å². The van der Waals surface area contributed by atoms with Crippen molar-refractivity contribution in [3.8, 4) is 0 Å². The molecule has 0 saturated heterocycles. The number of benzene rings is 2. The molecule has 20 heavy (non-hydrogen) atoms. The SMILES string of the molecule is CC(C)c1ccc(CNc2ccccc2C(C)Cl)cc1. The Hall–Kier alpha value is -1.47. The summed E-state index contributed by atoms with van der Waals surface area (Å²) in [5, 5.41) is 3.49. The monoisotopic (exact) mass is 287 g/mol. The van der Waals surface area contributed by atoms with Crippen LogP contribution in [0.1, 0.15) is 48.8 Å². The Kier molecular flexibility index (Phi) is 5.08. The molecular formula is C18H22ClN. The second kappa shape index (κ2) is 6.81. The van der Waals surface area contributed by atoms with Gasteiger partial charge in [-0.2, -0.15) is 0 Å². The van der Waals surface area contributed by atoms with Crippen LogP contribution in [0.25, 0.3) is 0 Å². The van der Waals surface area contributed by atoms with E-state index < -0.39 is 0 Å². The summed E-state index contributed by atoms with van der Waals surface area (Å²) in [5.41, 5.74) is 4.92. The maximum absolute atomic E-state index is 6.21. The zero-order valence-electron chi connectivity index (χ0n) is 12.4. The number of nitrogens with one attached hydrogen (secondary N) is 1. The third kappa shape index (κ3) is 3.77. The summed E-state index contributed by atoms with van der Waals surface area (Å²) < 4.78 is 0. The van der Waals surface area contributed by atoms with Crippen molar-refractivity contribution in [2.45, 2.75) is 38.6 Å². The topological polar surface area (TPSA) is 12.0 Å². The van der Waals surface area contributed by atoms with Gasteiger partial charge in [-0.1, -0.05) is 56.3 Å². The first kappa shape index (κ1) is 14.9. The third-order valence-corrected chi connectivity index (χ3v) is 3.75. The van der Waals surface area contributed by atoms with Crippen molar-refractivity contribution in [2.75, 3.05) is 5.32 Å². The number of alkyl halides is 1. The second-order valence-electron chi connectivity index (χ2n) is 5.45. The van der Waals surface area contributed by atoms with E-state index in [1.54, 1.807) is 0 Å². The van der Waals surface area contributed by atoms with Crippen LogP contribution in [-0.4, -0.2) is 0 Å². The predicted octanol–water partition coefficient (Wildman–Crippen LogP) is 5.72. The molecule has 2 rings (SSSR count). The molecule has 2 aromatic carbocycles. The Morgan fingerprint density at radius 1 is 0.950 bits per heavy atom. The van der Waals surface area contributed by atoms with E-state index in [1.807, 2.05) is 19.1 Å². The number of hydrogen-bond acceptors (Lipinski definition) is 1. The Labute approximate surface area is 127 Å². The second-order valence-corrected chi connectivity index (χ2v) is 6.11. The summed E-state index contributed by atoms with van der Waals surface area (Å²) in [6.07, 6.45) is 0. The minimum absolute atomic E-state index is 0.0158. The summed E-state index contributed by atoms with van der Waals surface area (Å²) in [5.74, 6) is 0.579. The smallest absolute Gasteiger partial charge is 0.0577 e. The molecule has 0 amide bonds.